The van der Waals surface area contributed by atoms with Crippen LogP contribution in [0.3, 0.4) is 0 Å². The fourth-order valence-electron chi connectivity index (χ4n) is 8.06. The number of ether oxygens (including phenoxy) is 2. The smallest absolute Gasteiger partial charge is 0.306 e. The number of fused-ring (bicyclic) bond motifs is 5. The minimum Gasteiger partial charge on any atom is -0.457 e. The molecular formula is C28H36BrClO7. The van der Waals surface area contributed by atoms with Gasteiger partial charge in [0.2, 0.25) is 5.78 Å². The molecule has 0 radical (unpaired) electrons. The van der Waals surface area contributed by atoms with Crippen LogP contribution in [-0.2, 0) is 28.7 Å². The average Bonchev–Trinajstić information content (AvgIpc) is 3.06. The lowest BCUT2D eigenvalue weighted by Gasteiger charge is -2.64. The predicted molar refractivity (Wildman–Crippen MR) is 141 cm³/mol. The van der Waals surface area contributed by atoms with Crippen LogP contribution in [0.15, 0.2) is 22.2 Å². The first-order valence-corrected chi connectivity index (χ1v) is 14.3. The van der Waals surface area contributed by atoms with Crippen molar-refractivity contribution >= 4 is 51.0 Å². The van der Waals surface area contributed by atoms with Crippen LogP contribution in [0.1, 0.15) is 73.1 Å². The van der Waals surface area contributed by atoms with Crippen molar-refractivity contribution in [3.63, 3.8) is 0 Å². The number of carbonyl (C=O) groups is 4. The molecule has 0 aromatic heterocycles. The van der Waals surface area contributed by atoms with Crippen molar-refractivity contribution in [2.45, 2.75) is 89.7 Å². The zero-order chi connectivity index (χ0) is 27.6. The molecule has 37 heavy (non-hydrogen) atoms. The van der Waals surface area contributed by atoms with E-state index in [0.717, 1.165) is 5.57 Å². The fourth-order valence-corrected chi connectivity index (χ4v) is 9.14. The molecule has 0 bridgehead atoms. The van der Waals surface area contributed by atoms with Crippen molar-refractivity contribution in [2.24, 2.45) is 28.6 Å². The highest BCUT2D eigenvalue weighted by Crippen LogP contribution is 2.72. The molecule has 4 aliphatic rings. The van der Waals surface area contributed by atoms with E-state index in [1.807, 2.05) is 26.8 Å². The summed E-state index contributed by atoms with van der Waals surface area (Å²) in [7, 11) is 0. The summed E-state index contributed by atoms with van der Waals surface area (Å²) in [6.45, 7) is 8.58. The van der Waals surface area contributed by atoms with E-state index in [1.54, 1.807) is 19.9 Å². The van der Waals surface area contributed by atoms with Crippen molar-refractivity contribution in [3.05, 3.63) is 22.2 Å². The Hall–Kier alpha value is -1.51. The summed E-state index contributed by atoms with van der Waals surface area (Å²) in [5.41, 5.74) is -2.38. The van der Waals surface area contributed by atoms with E-state index in [0.29, 0.717) is 23.7 Å². The van der Waals surface area contributed by atoms with Crippen LogP contribution in [0.25, 0.3) is 0 Å². The van der Waals surface area contributed by atoms with Crippen molar-refractivity contribution in [2.75, 3.05) is 6.61 Å². The van der Waals surface area contributed by atoms with Crippen LogP contribution < -0.4 is 0 Å². The fraction of sp³-hybridized carbons (Fsp3) is 0.714. The number of halogens is 2. The standard InChI is InChI=1S/C28H36BrClO7/c1-6-23(34)36-14-22(33)28(37-24(35)7-2)15(3)10-18-17-9-8-16-11-20(31)19(29)12-25(16,4)27(17,30)21(32)13-26(18,28)5/h11-12,15,17-18,21,32H,6-10,13-14H2,1-5H3/t15-,17-,18-,21-,25-,26-,27?,28-/m0/s1. The number of ketones is 2. The molecule has 8 atom stereocenters. The average molecular weight is 600 g/mol. The van der Waals surface area contributed by atoms with Crippen molar-refractivity contribution in [1.82, 2.24) is 0 Å². The maximum absolute atomic E-state index is 13.9. The number of rotatable bonds is 6. The SMILES string of the molecule is CCC(=O)OCC(=O)[C@@]1(OC(=O)CC)[C@@H](C)C[C@H]2[C@@H]3CCC4=CC(=O)C(Br)=C[C@]4(C)C3(Cl)[C@@H](O)C[C@@]21C. The molecule has 0 saturated heterocycles. The first-order valence-electron chi connectivity index (χ1n) is 13.1. The highest BCUT2D eigenvalue weighted by atomic mass is 79.9. The van der Waals surface area contributed by atoms with Crippen LogP contribution in [0.2, 0.25) is 0 Å². The molecule has 1 unspecified atom stereocenters. The Labute approximate surface area is 231 Å². The molecule has 0 aromatic rings. The minimum atomic E-state index is -1.56. The number of allylic oxidation sites excluding steroid dienone is 4. The molecule has 1 N–H and O–H groups in total. The second kappa shape index (κ2) is 9.60. The summed E-state index contributed by atoms with van der Waals surface area (Å²) in [6, 6.07) is 0. The number of aliphatic hydroxyl groups is 1. The van der Waals surface area contributed by atoms with Crippen LogP contribution in [0.4, 0.5) is 0 Å². The van der Waals surface area contributed by atoms with E-state index >= 15 is 0 Å². The first kappa shape index (κ1) is 28.5. The van der Waals surface area contributed by atoms with E-state index < -0.39 is 51.7 Å². The van der Waals surface area contributed by atoms with Crippen LogP contribution >= 0.6 is 27.5 Å². The normalized spacial score (nSPS) is 42.5. The van der Waals surface area contributed by atoms with Gasteiger partial charge in [0, 0.05) is 29.6 Å². The lowest BCUT2D eigenvalue weighted by atomic mass is 9.45. The van der Waals surface area contributed by atoms with Crippen LogP contribution in [0.5, 0.6) is 0 Å². The molecule has 204 valence electrons. The molecule has 4 rings (SSSR count). The monoisotopic (exact) mass is 598 g/mol. The third-order valence-electron chi connectivity index (χ3n) is 9.87. The number of Topliss-reactive ketones (excluding diaryl/α,β-unsaturated/α-hetero) is 1. The molecule has 0 heterocycles. The molecule has 9 heteroatoms. The third kappa shape index (κ3) is 3.83. The van der Waals surface area contributed by atoms with Gasteiger partial charge in [0.05, 0.1) is 15.5 Å². The maximum Gasteiger partial charge on any atom is 0.306 e. The lowest BCUT2D eigenvalue weighted by molar-refractivity contribution is -0.203. The molecule has 3 saturated carbocycles. The number of alkyl halides is 1. The number of esters is 2. The molecule has 0 spiro atoms. The Bertz CT molecular complexity index is 1100. The van der Waals surface area contributed by atoms with Gasteiger partial charge in [-0.05, 0) is 59.5 Å². The van der Waals surface area contributed by atoms with Crippen LogP contribution in [0, 0.1) is 28.6 Å². The van der Waals surface area contributed by atoms with E-state index in [-0.39, 0.29) is 42.8 Å². The van der Waals surface area contributed by atoms with E-state index in [1.165, 1.54) is 0 Å². The van der Waals surface area contributed by atoms with Gasteiger partial charge >= 0.3 is 11.9 Å². The largest absolute Gasteiger partial charge is 0.457 e. The zero-order valence-electron chi connectivity index (χ0n) is 22.1. The van der Waals surface area contributed by atoms with Gasteiger partial charge in [-0.15, -0.1) is 11.6 Å². The molecule has 0 aromatic carbocycles. The second-order valence-corrected chi connectivity index (χ2v) is 13.0. The third-order valence-corrected chi connectivity index (χ3v) is 11.4. The Morgan fingerprint density at radius 3 is 2.43 bits per heavy atom. The Morgan fingerprint density at radius 2 is 1.81 bits per heavy atom. The molecule has 3 fully saturated rings. The van der Waals surface area contributed by atoms with Gasteiger partial charge in [-0.25, -0.2) is 0 Å². The van der Waals surface area contributed by atoms with E-state index in [2.05, 4.69) is 15.9 Å². The van der Waals surface area contributed by atoms with Gasteiger partial charge in [-0.1, -0.05) is 46.3 Å². The van der Waals surface area contributed by atoms with E-state index in [9.17, 15) is 24.3 Å². The summed E-state index contributed by atoms with van der Waals surface area (Å²) in [5.74, 6) is -2.35. The van der Waals surface area contributed by atoms with Gasteiger partial charge < -0.3 is 14.6 Å². The Kier molecular flexibility index (Phi) is 7.39. The molecule has 7 nitrogen and oxygen atoms in total. The minimum absolute atomic E-state index is 0.0851. The summed E-state index contributed by atoms with van der Waals surface area (Å²) >= 11 is 10.9. The summed E-state index contributed by atoms with van der Waals surface area (Å²) < 4.78 is 11.7. The van der Waals surface area contributed by atoms with Gasteiger partial charge in [-0.2, -0.15) is 0 Å². The topological polar surface area (TPSA) is 107 Å². The van der Waals surface area contributed by atoms with Gasteiger partial charge in [0.25, 0.3) is 0 Å². The quantitative estimate of drug-likeness (QED) is 0.345. The number of aliphatic hydroxyl groups excluding tert-OH is 1. The lowest BCUT2D eigenvalue weighted by Crippen LogP contribution is -2.69. The summed E-state index contributed by atoms with van der Waals surface area (Å²) in [6.07, 6.45) is 4.55. The van der Waals surface area contributed by atoms with Gasteiger partial charge in [0.1, 0.15) is 0 Å². The maximum atomic E-state index is 13.9. The molecule has 0 amide bonds. The predicted octanol–water partition coefficient (Wildman–Crippen LogP) is 4.81. The Balaban J connectivity index is 1.82. The second-order valence-electron chi connectivity index (χ2n) is 11.5. The number of carbonyl (C=O) groups excluding carboxylic acids is 4. The number of hydrogen-bond donors (Lipinski definition) is 1. The first-order chi connectivity index (χ1) is 17.2. The molecular weight excluding hydrogens is 564 g/mol. The molecule has 4 aliphatic carbocycles. The van der Waals surface area contributed by atoms with Crippen molar-refractivity contribution in [1.29, 1.82) is 0 Å². The highest BCUT2D eigenvalue weighted by Gasteiger charge is 2.76. The van der Waals surface area contributed by atoms with Crippen LogP contribution in [-0.4, -0.2) is 51.8 Å². The van der Waals surface area contributed by atoms with Gasteiger partial charge in [0.15, 0.2) is 18.0 Å². The van der Waals surface area contributed by atoms with E-state index in [4.69, 9.17) is 21.1 Å². The van der Waals surface area contributed by atoms with Crippen molar-refractivity contribution < 1.29 is 33.8 Å². The zero-order valence-corrected chi connectivity index (χ0v) is 24.4. The Morgan fingerprint density at radius 1 is 1.16 bits per heavy atom. The summed E-state index contributed by atoms with van der Waals surface area (Å²) in [5, 5.41) is 11.9. The van der Waals surface area contributed by atoms with Gasteiger partial charge in [-0.3, -0.25) is 19.2 Å². The van der Waals surface area contributed by atoms with Crippen molar-refractivity contribution in [3.8, 4) is 0 Å². The number of hydrogen-bond acceptors (Lipinski definition) is 7. The summed E-state index contributed by atoms with van der Waals surface area (Å²) in [4.78, 5) is 49.8. The highest BCUT2D eigenvalue weighted by molar-refractivity contribution is 9.12. The molecule has 0 aliphatic heterocycles.